The topological polar surface area (TPSA) is 105 Å². The minimum Gasteiger partial charge on any atom is -0.355 e. The van der Waals surface area contributed by atoms with Crippen molar-refractivity contribution in [3.8, 4) is 0 Å². The van der Waals surface area contributed by atoms with Crippen LogP contribution in [-0.4, -0.2) is 49.8 Å². The predicted octanol–water partition coefficient (Wildman–Crippen LogP) is 0.657. The van der Waals surface area contributed by atoms with E-state index in [0.717, 1.165) is 5.01 Å². The van der Waals surface area contributed by atoms with Gasteiger partial charge in [-0.25, -0.2) is 13.4 Å². The summed E-state index contributed by atoms with van der Waals surface area (Å²) in [5, 5.41) is 3.46. The minimum absolute atomic E-state index is 0. The van der Waals surface area contributed by atoms with Crippen molar-refractivity contribution in [3.05, 3.63) is 10.7 Å². The van der Waals surface area contributed by atoms with Crippen LogP contribution in [0.3, 0.4) is 0 Å². The molecule has 1 aromatic heterocycles. The fourth-order valence-electron chi connectivity index (χ4n) is 2.58. The molecule has 1 saturated heterocycles. The largest absolute Gasteiger partial charge is 0.355 e. The van der Waals surface area contributed by atoms with Gasteiger partial charge in [-0.05, 0) is 26.7 Å². The molecule has 1 atom stereocenters. The molecule has 0 bridgehead atoms. The van der Waals surface area contributed by atoms with E-state index < -0.39 is 10.0 Å². The smallest absolute Gasteiger partial charge is 0.254 e. The summed E-state index contributed by atoms with van der Waals surface area (Å²) >= 11 is 1.18. The van der Waals surface area contributed by atoms with Crippen molar-refractivity contribution in [2.45, 2.75) is 30.9 Å². The normalized spacial score (nSPS) is 19.2. The van der Waals surface area contributed by atoms with Crippen LogP contribution in [0.15, 0.2) is 4.21 Å². The highest BCUT2D eigenvalue weighted by molar-refractivity contribution is 7.91. The summed E-state index contributed by atoms with van der Waals surface area (Å²) < 4.78 is 27.2. The van der Waals surface area contributed by atoms with Crippen molar-refractivity contribution in [2.24, 2.45) is 11.7 Å². The highest BCUT2D eigenvalue weighted by Gasteiger charge is 2.35. The van der Waals surface area contributed by atoms with E-state index in [2.05, 4.69) is 10.3 Å². The van der Waals surface area contributed by atoms with Gasteiger partial charge in [0.2, 0.25) is 5.91 Å². The third-order valence-corrected chi connectivity index (χ3v) is 7.16. The van der Waals surface area contributed by atoms with Gasteiger partial charge < -0.3 is 11.1 Å². The van der Waals surface area contributed by atoms with Crippen molar-refractivity contribution in [1.82, 2.24) is 14.6 Å². The average molecular weight is 383 g/mol. The number of halogens is 1. The molecule has 3 N–H and O–H groups in total. The molecular weight excluding hydrogens is 360 g/mol. The lowest BCUT2D eigenvalue weighted by atomic mass is 9.99. The molecule has 2 heterocycles. The molecule has 1 amide bonds. The first-order valence-electron chi connectivity index (χ1n) is 7.28. The average Bonchev–Trinajstić information content (AvgIpc) is 2.84. The molecule has 10 heteroatoms. The number of carbonyl (C=O) groups is 1. The van der Waals surface area contributed by atoms with Crippen molar-refractivity contribution in [2.75, 3.05) is 26.2 Å². The van der Waals surface area contributed by atoms with Gasteiger partial charge >= 0.3 is 0 Å². The first-order chi connectivity index (χ1) is 10.4. The van der Waals surface area contributed by atoms with Crippen molar-refractivity contribution in [3.63, 3.8) is 0 Å². The Hall–Kier alpha value is -0.740. The van der Waals surface area contributed by atoms with E-state index in [1.807, 2.05) is 0 Å². The lowest BCUT2D eigenvalue weighted by Gasteiger charge is -2.30. The number of aryl methyl sites for hydroxylation is 2. The molecule has 1 aliphatic heterocycles. The molecule has 0 aliphatic carbocycles. The second-order valence-electron chi connectivity index (χ2n) is 5.39. The van der Waals surface area contributed by atoms with Crippen LogP contribution in [0.4, 0.5) is 0 Å². The van der Waals surface area contributed by atoms with Gasteiger partial charge in [0.15, 0.2) is 4.21 Å². The molecule has 7 nitrogen and oxygen atoms in total. The Morgan fingerprint density at radius 2 is 2.17 bits per heavy atom. The highest BCUT2D eigenvalue weighted by atomic mass is 35.5. The zero-order valence-corrected chi connectivity index (χ0v) is 15.7. The number of nitrogens with one attached hydrogen (secondary N) is 1. The summed E-state index contributed by atoms with van der Waals surface area (Å²) in [6.07, 6.45) is 1.37. The third-order valence-electron chi connectivity index (χ3n) is 3.63. The van der Waals surface area contributed by atoms with E-state index >= 15 is 0 Å². The Morgan fingerprint density at radius 1 is 1.48 bits per heavy atom. The second kappa shape index (κ2) is 8.39. The summed E-state index contributed by atoms with van der Waals surface area (Å²) in [7, 11) is -3.57. The molecule has 132 valence electrons. The lowest BCUT2D eigenvalue weighted by Crippen LogP contribution is -2.46. The fraction of sp³-hybridized carbons (Fsp3) is 0.692. The Kier molecular flexibility index (Phi) is 7.40. The number of nitrogens with two attached hydrogens (primary N) is 1. The van der Waals surface area contributed by atoms with Gasteiger partial charge in [0.25, 0.3) is 10.0 Å². The van der Waals surface area contributed by atoms with E-state index in [4.69, 9.17) is 5.73 Å². The first-order valence-corrected chi connectivity index (χ1v) is 9.54. The van der Waals surface area contributed by atoms with Gasteiger partial charge in [-0.3, -0.25) is 4.79 Å². The number of nitrogens with zero attached hydrogens (tertiary/aromatic N) is 2. The van der Waals surface area contributed by atoms with E-state index in [-0.39, 0.29) is 35.0 Å². The van der Waals surface area contributed by atoms with Crippen molar-refractivity contribution < 1.29 is 13.2 Å². The second-order valence-corrected chi connectivity index (χ2v) is 8.72. The summed E-state index contributed by atoms with van der Waals surface area (Å²) in [5.41, 5.74) is 5.90. The Labute approximate surface area is 147 Å². The zero-order chi connectivity index (χ0) is 16.3. The zero-order valence-electron chi connectivity index (χ0n) is 13.2. The molecule has 2 rings (SSSR count). The number of carbonyl (C=O) groups excluding carboxylic acids is 1. The van der Waals surface area contributed by atoms with Crippen LogP contribution in [0.1, 0.15) is 23.5 Å². The SMILES string of the molecule is Cc1nc(C)c(S(=O)(=O)N2CCCC(C(=O)NCCN)C2)s1.Cl. The van der Waals surface area contributed by atoms with Gasteiger partial charge in [-0.15, -0.1) is 23.7 Å². The number of aromatic nitrogens is 1. The van der Waals surface area contributed by atoms with Gasteiger partial charge in [-0.1, -0.05) is 0 Å². The Balaban J connectivity index is 0.00000264. The number of amides is 1. The van der Waals surface area contributed by atoms with Crippen LogP contribution in [0.5, 0.6) is 0 Å². The summed E-state index contributed by atoms with van der Waals surface area (Å²) in [4.78, 5) is 16.2. The van der Waals surface area contributed by atoms with Crippen molar-refractivity contribution in [1.29, 1.82) is 0 Å². The standard InChI is InChI=1S/C13H22N4O3S2.ClH/c1-9-13(21-10(2)16-9)22(19,20)17-7-3-4-11(8-17)12(18)15-6-5-14;/h11H,3-8,14H2,1-2H3,(H,15,18);1H. The molecule has 0 spiro atoms. The molecule has 1 unspecified atom stereocenters. The number of hydrogen-bond donors (Lipinski definition) is 2. The summed E-state index contributed by atoms with van der Waals surface area (Å²) in [5.74, 6) is -0.438. The maximum absolute atomic E-state index is 12.7. The summed E-state index contributed by atoms with van der Waals surface area (Å²) in [6.45, 7) is 4.94. The predicted molar refractivity (Wildman–Crippen MR) is 92.4 cm³/mol. The Bertz CT molecular complexity index is 648. The molecule has 1 aromatic rings. The molecule has 0 aromatic carbocycles. The van der Waals surface area contributed by atoms with Gasteiger partial charge in [-0.2, -0.15) is 4.31 Å². The van der Waals surface area contributed by atoms with Crippen LogP contribution in [0.2, 0.25) is 0 Å². The van der Waals surface area contributed by atoms with Crippen LogP contribution in [0.25, 0.3) is 0 Å². The first kappa shape index (κ1) is 20.3. The molecule has 23 heavy (non-hydrogen) atoms. The number of sulfonamides is 1. The summed E-state index contributed by atoms with van der Waals surface area (Å²) in [6, 6.07) is 0. The van der Waals surface area contributed by atoms with Crippen LogP contribution in [0, 0.1) is 19.8 Å². The van der Waals surface area contributed by atoms with Gasteiger partial charge in [0.05, 0.1) is 16.6 Å². The molecule has 1 fully saturated rings. The monoisotopic (exact) mass is 382 g/mol. The number of thiazole rings is 1. The van der Waals surface area contributed by atoms with Crippen LogP contribution in [-0.2, 0) is 14.8 Å². The lowest BCUT2D eigenvalue weighted by molar-refractivity contribution is -0.126. The number of hydrogen-bond acceptors (Lipinski definition) is 6. The fourth-order valence-corrected chi connectivity index (χ4v) is 5.73. The molecule has 1 aliphatic rings. The maximum atomic E-state index is 12.7. The minimum atomic E-state index is -3.57. The van der Waals surface area contributed by atoms with E-state index in [9.17, 15) is 13.2 Å². The van der Waals surface area contributed by atoms with Crippen molar-refractivity contribution >= 4 is 39.7 Å². The number of rotatable bonds is 5. The highest BCUT2D eigenvalue weighted by Crippen LogP contribution is 2.29. The van der Waals surface area contributed by atoms with Gasteiger partial charge in [0.1, 0.15) is 0 Å². The van der Waals surface area contributed by atoms with Crippen LogP contribution < -0.4 is 11.1 Å². The maximum Gasteiger partial charge on any atom is 0.254 e. The van der Waals surface area contributed by atoms with E-state index in [0.29, 0.717) is 38.2 Å². The third kappa shape index (κ3) is 4.63. The van der Waals surface area contributed by atoms with Crippen LogP contribution >= 0.6 is 23.7 Å². The molecule has 0 radical (unpaired) electrons. The number of piperidine rings is 1. The van der Waals surface area contributed by atoms with E-state index in [1.165, 1.54) is 15.6 Å². The quantitative estimate of drug-likeness (QED) is 0.778. The molecule has 0 saturated carbocycles. The Morgan fingerprint density at radius 3 is 2.74 bits per heavy atom. The van der Waals surface area contributed by atoms with Gasteiger partial charge in [0, 0.05) is 26.2 Å². The van der Waals surface area contributed by atoms with E-state index in [1.54, 1.807) is 13.8 Å². The molecular formula is C13H23ClN4O3S2.